The van der Waals surface area contributed by atoms with Crippen molar-refractivity contribution in [2.75, 3.05) is 13.7 Å². The van der Waals surface area contributed by atoms with Gasteiger partial charge in [-0.25, -0.2) is 0 Å². The Morgan fingerprint density at radius 1 is 1.33 bits per heavy atom. The van der Waals surface area contributed by atoms with E-state index in [0.29, 0.717) is 5.56 Å². The molecule has 0 saturated carbocycles. The Kier molecular flexibility index (Phi) is 3.78. The summed E-state index contributed by atoms with van der Waals surface area (Å²) < 4.78 is 5.73. The number of hydrogen-bond acceptors (Lipinski definition) is 4. The van der Waals surface area contributed by atoms with Crippen molar-refractivity contribution in [1.82, 2.24) is 4.90 Å². The fourth-order valence-electron chi connectivity index (χ4n) is 2.99. The summed E-state index contributed by atoms with van der Waals surface area (Å²) in [7, 11) is 1.52. The van der Waals surface area contributed by atoms with Crippen LogP contribution in [0.15, 0.2) is 18.2 Å². The van der Waals surface area contributed by atoms with E-state index in [1.807, 2.05) is 18.2 Å². The lowest BCUT2D eigenvalue weighted by Crippen LogP contribution is -2.39. The molecule has 112 valence electrons. The highest BCUT2D eigenvalue weighted by Gasteiger charge is 2.30. The number of nitrogens with two attached hydrogens (primary N) is 1. The fourth-order valence-corrected chi connectivity index (χ4v) is 2.99. The molecule has 2 aliphatic heterocycles. The molecule has 1 aromatic carbocycles. The van der Waals surface area contributed by atoms with Crippen LogP contribution in [0.5, 0.6) is 0 Å². The first kappa shape index (κ1) is 14.2. The summed E-state index contributed by atoms with van der Waals surface area (Å²) in [6.45, 7) is 0.749. The third kappa shape index (κ3) is 2.59. The van der Waals surface area contributed by atoms with E-state index in [4.69, 9.17) is 10.5 Å². The van der Waals surface area contributed by atoms with Gasteiger partial charge in [0, 0.05) is 19.2 Å². The Morgan fingerprint density at radius 3 is 2.86 bits per heavy atom. The Bertz CT molecular complexity index is 579. The largest absolute Gasteiger partial charge is 0.376 e. The van der Waals surface area contributed by atoms with Crippen LogP contribution in [0.3, 0.4) is 0 Å². The second kappa shape index (κ2) is 5.58. The average molecular weight is 288 g/mol. The monoisotopic (exact) mass is 288 g/mol. The van der Waals surface area contributed by atoms with E-state index in [9.17, 15) is 9.59 Å². The minimum absolute atomic E-state index is 0.00912. The van der Waals surface area contributed by atoms with Gasteiger partial charge in [0.2, 0.25) is 5.91 Å². The molecule has 2 heterocycles. The van der Waals surface area contributed by atoms with Gasteiger partial charge in [0.25, 0.3) is 5.91 Å². The van der Waals surface area contributed by atoms with Gasteiger partial charge in [0.05, 0.1) is 18.6 Å². The maximum atomic E-state index is 12.2. The van der Waals surface area contributed by atoms with Gasteiger partial charge in [0.1, 0.15) is 0 Å². The lowest BCUT2D eigenvalue weighted by Gasteiger charge is -2.29. The highest BCUT2D eigenvalue weighted by Crippen LogP contribution is 2.28. The number of hydrogen-bond donors (Lipinski definition) is 1. The van der Waals surface area contributed by atoms with Gasteiger partial charge in [-0.1, -0.05) is 12.1 Å². The molecule has 5 nitrogen and oxygen atoms in total. The first-order chi connectivity index (χ1) is 10.1. The van der Waals surface area contributed by atoms with Crippen molar-refractivity contribution in [2.45, 2.75) is 37.8 Å². The lowest BCUT2D eigenvalue weighted by atomic mass is 9.91. The van der Waals surface area contributed by atoms with Gasteiger partial charge < -0.3 is 10.5 Å². The van der Waals surface area contributed by atoms with Crippen LogP contribution in [0.1, 0.15) is 46.8 Å². The first-order valence-electron chi connectivity index (χ1n) is 7.39. The van der Waals surface area contributed by atoms with Crippen molar-refractivity contribution < 1.29 is 14.3 Å². The molecule has 3 rings (SSSR count). The van der Waals surface area contributed by atoms with E-state index in [1.54, 1.807) is 0 Å². The Morgan fingerprint density at radius 2 is 2.14 bits per heavy atom. The molecular formula is C16H20N2O3. The second-order valence-electron chi connectivity index (χ2n) is 5.78. The zero-order valence-corrected chi connectivity index (χ0v) is 12.2. The number of nitrogens with zero attached hydrogens (tertiary/aromatic N) is 1. The molecule has 1 aromatic rings. The van der Waals surface area contributed by atoms with Crippen molar-refractivity contribution in [2.24, 2.45) is 5.73 Å². The van der Waals surface area contributed by atoms with E-state index in [0.717, 1.165) is 37.0 Å². The molecule has 1 saturated heterocycles. The normalized spacial score (nSPS) is 23.9. The number of ether oxygens (including phenoxy) is 1. The topological polar surface area (TPSA) is 72.6 Å². The van der Waals surface area contributed by atoms with Gasteiger partial charge in [-0.05, 0) is 36.5 Å². The third-order valence-electron chi connectivity index (χ3n) is 4.39. The summed E-state index contributed by atoms with van der Waals surface area (Å²) in [6.07, 6.45) is 3.44. The number of carbonyl (C=O) groups excluding carboxylic acids is 2. The molecule has 0 spiro atoms. The van der Waals surface area contributed by atoms with Crippen molar-refractivity contribution in [1.29, 1.82) is 0 Å². The highest BCUT2D eigenvalue weighted by atomic mass is 16.5. The average Bonchev–Trinajstić information content (AvgIpc) is 2.53. The summed E-state index contributed by atoms with van der Waals surface area (Å²) in [6, 6.07) is 5.35. The van der Waals surface area contributed by atoms with Crippen LogP contribution < -0.4 is 5.73 Å². The molecular weight excluding hydrogens is 268 g/mol. The van der Waals surface area contributed by atoms with Gasteiger partial charge in [-0.15, -0.1) is 0 Å². The van der Waals surface area contributed by atoms with Crippen LogP contribution in [-0.4, -0.2) is 36.5 Å². The molecule has 0 aliphatic carbocycles. The standard InChI is InChI=1S/C16H20N2O3/c1-18-14(19)9-10-5-6-11(8-12(10)16(18)20)15(17)13-4-2-3-7-21-13/h5-6,8,13,15H,2-4,7,9,17H2,1H3. The number of likely N-dealkylation sites (N-methyl/N-ethyl adjacent to an activating group) is 1. The molecule has 1 fully saturated rings. The first-order valence-corrected chi connectivity index (χ1v) is 7.39. The van der Waals surface area contributed by atoms with Crippen LogP contribution in [0, 0.1) is 0 Å². The van der Waals surface area contributed by atoms with E-state index in [-0.39, 0.29) is 30.4 Å². The van der Waals surface area contributed by atoms with Crippen molar-refractivity contribution in [3.63, 3.8) is 0 Å². The molecule has 2 N–H and O–H groups in total. The van der Waals surface area contributed by atoms with Crippen LogP contribution in [0.4, 0.5) is 0 Å². The van der Waals surface area contributed by atoms with Crippen LogP contribution >= 0.6 is 0 Å². The number of rotatable bonds is 2. The molecule has 0 aromatic heterocycles. The molecule has 2 aliphatic rings. The lowest BCUT2D eigenvalue weighted by molar-refractivity contribution is -0.127. The maximum absolute atomic E-state index is 12.2. The van der Waals surface area contributed by atoms with E-state index >= 15 is 0 Å². The summed E-state index contributed by atoms with van der Waals surface area (Å²) >= 11 is 0. The third-order valence-corrected chi connectivity index (χ3v) is 4.39. The van der Waals surface area contributed by atoms with Crippen LogP contribution in [0.2, 0.25) is 0 Å². The summed E-state index contributed by atoms with van der Waals surface area (Å²) in [4.78, 5) is 25.1. The predicted octanol–water partition coefficient (Wildman–Crippen LogP) is 1.41. The van der Waals surface area contributed by atoms with E-state index < -0.39 is 0 Å². The van der Waals surface area contributed by atoms with Crippen LogP contribution in [-0.2, 0) is 16.0 Å². The van der Waals surface area contributed by atoms with Gasteiger partial charge in [-0.3, -0.25) is 14.5 Å². The van der Waals surface area contributed by atoms with E-state index in [1.165, 1.54) is 11.9 Å². The van der Waals surface area contributed by atoms with Gasteiger partial charge in [-0.2, -0.15) is 0 Å². The van der Waals surface area contributed by atoms with Crippen molar-refractivity contribution in [3.05, 3.63) is 34.9 Å². The minimum Gasteiger partial charge on any atom is -0.376 e. The molecule has 21 heavy (non-hydrogen) atoms. The number of imide groups is 1. The Labute approximate surface area is 124 Å². The van der Waals surface area contributed by atoms with E-state index in [2.05, 4.69) is 0 Å². The Hall–Kier alpha value is -1.72. The SMILES string of the molecule is CN1C(=O)Cc2ccc(C(N)C3CCCCO3)cc2C1=O. The smallest absolute Gasteiger partial charge is 0.260 e. The van der Waals surface area contributed by atoms with Gasteiger partial charge >= 0.3 is 0 Å². The molecule has 0 radical (unpaired) electrons. The molecule has 2 amide bonds. The minimum atomic E-state index is -0.250. The zero-order chi connectivity index (χ0) is 15.0. The quantitative estimate of drug-likeness (QED) is 0.835. The highest BCUT2D eigenvalue weighted by molar-refractivity contribution is 6.09. The Balaban J connectivity index is 1.88. The van der Waals surface area contributed by atoms with Crippen LogP contribution in [0.25, 0.3) is 0 Å². The summed E-state index contributed by atoms with van der Waals surface area (Å²) in [5, 5.41) is 0. The number of fused-ring (bicyclic) bond motifs is 1. The number of amides is 2. The zero-order valence-electron chi connectivity index (χ0n) is 12.2. The summed E-state index contributed by atoms with van der Waals surface area (Å²) in [5.41, 5.74) is 8.56. The molecule has 5 heteroatoms. The van der Waals surface area contributed by atoms with Crippen molar-refractivity contribution in [3.8, 4) is 0 Å². The fraction of sp³-hybridized carbons (Fsp3) is 0.500. The second-order valence-corrected chi connectivity index (χ2v) is 5.78. The predicted molar refractivity (Wildman–Crippen MR) is 77.8 cm³/mol. The molecule has 0 bridgehead atoms. The number of carbonyl (C=O) groups is 2. The summed E-state index contributed by atoms with van der Waals surface area (Å²) in [5.74, 6) is -0.417. The van der Waals surface area contributed by atoms with Crippen molar-refractivity contribution >= 4 is 11.8 Å². The maximum Gasteiger partial charge on any atom is 0.260 e. The number of benzene rings is 1. The molecule has 2 atom stereocenters. The molecule has 2 unspecified atom stereocenters. The van der Waals surface area contributed by atoms with Gasteiger partial charge in [0.15, 0.2) is 0 Å².